The maximum atomic E-state index is 12.9. The average molecular weight is 450 g/mol. The topological polar surface area (TPSA) is 97.5 Å². The number of thioether (sulfide) groups is 1. The monoisotopic (exact) mass is 449 g/mol. The number of nitriles is 1. The molecule has 0 aliphatic carbocycles. The number of thiazole rings is 1. The van der Waals surface area contributed by atoms with Crippen LogP contribution in [0.3, 0.4) is 0 Å². The van der Waals surface area contributed by atoms with Crippen LogP contribution in [0.4, 0.5) is 0 Å². The summed E-state index contributed by atoms with van der Waals surface area (Å²) in [6.45, 7) is -0.191. The second kappa shape index (κ2) is 8.12. The van der Waals surface area contributed by atoms with E-state index in [2.05, 4.69) is 4.98 Å². The summed E-state index contributed by atoms with van der Waals surface area (Å²) in [4.78, 5) is 4.51. The maximum Gasteiger partial charge on any atom is 0.151 e. The van der Waals surface area contributed by atoms with Crippen LogP contribution in [0.2, 0.25) is 9.36 Å². The van der Waals surface area contributed by atoms with Crippen LogP contribution in [-0.2, 0) is 11.0 Å². The first-order chi connectivity index (χ1) is 12.4. The number of nitrogens with zero attached hydrogens (tertiary/aromatic N) is 3. The van der Waals surface area contributed by atoms with Gasteiger partial charge in [-0.05, 0) is 18.2 Å². The Morgan fingerprint density at radius 1 is 1.54 bits per heavy atom. The molecule has 2 aromatic rings. The van der Waals surface area contributed by atoms with Gasteiger partial charge < -0.3 is 10.2 Å². The number of β-amino-alcohol motifs (C(OH)–C–C–N with tert-alkyl or cyclic N) is 1. The third-order valence-electron chi connectivity index (χ3n) is 3.88. The lowest BCUT2D eigenvalue weighted by molar-refractivity contribution is 0.00344. The second-order valence-corrected chi connectivity index (χ2v) is 10.6. The van der Waals surface area contributed by atoms with Crippen molar-refractivity contribution in [3.63, 3.8) is 0 Å². The molecule has 2 heterocycles. The van der Waals surface area contributed by atoms with Crippen molar-refractivity contribution < 1.29 is 14.4 Å². The zero-order valence-corrected chi connectivity index (χ0v) is 17.1. The van der Waals surface area contributed by atoms with Crippen LogP contribution in [0.25, 0.3) is 0 Å². The molecule has 0 amide bonds. The maximum absolute atomic E-state index is 12.9. The molecule has 138 valence electrons. The summed E-state index contributed by atoms with van der Waals surface area (Å²) in [5.74, 6) is 0. The van der Waals surface area contributed by atoms with Crippen molar-refractivity contribution >= 4 is 57.3 Å². The summed E-state index contributed by atoms with van der Waals surface area (Å²) < 4.78 is 15.7. The third kappa shape index (κ3) is 4.08. The molecule has 1 fully saturated rings. The lowest BCUT2D eigenvalue weighted by Crippen LogP contribution is -2.43. The van der Waals surface area contributed by atoms with Crippen molar-refractivity contribution in [3.05, 3.63) is 39.3 Å². The van der Waals surface area contributed by atoms with Crippen molar-refractivity contribution in [2.45, 2.75) is 20.1 Å². The van der Waals surface area contributed by atoms with Crippen LogP contribution in [-0.4, -0.2) is 54.3 Å². The van der Waals surface area contributed by atoms with E-state index in [4.69, 9.17) is 28.5 Å². The van der Waals surface area contributed by atoms with Gasteiger partial charge in [-0.25, -0.2) is 13.5 Å². The number of aromatic nitrogens is 1. The molecule has 0 saturated carbocycles. The highest BCUT2D eigenvalue weighted by Crippen LogP contribution is 2.40. The van der Waals surface area contributed by atoms with Crippen LogP contribution in [0.5, 0.6) is 0 Å². The molecule has 2 unspecified atom stereocenters. The molecule has 2 N–H and O–H groups in total. The van der Waals surface area contributed by atoms with E-state index in [9.17, 15) is 14.4 Å². The quantitative estimate of drug-likeness (QED) is 0.727. The summed E-state index contributed by atoms with van der Waals surface area (Å²) in [5.41, 5.74) is -1.06. The fraction of sp³-hybridized carbons (Fsp3) is 0.333. The van der Waals surface area contributed by atoms with Gasteiger partial charge in [-0.15, -0.1) is 0 Å². The molecule has 11 heteroatoms. The number of hydrogen-bond donors (Lipinski definition) is 2. The van der Waals surface area contributed by atoms with E-state index in [1.54, 1.807) is 4.31 Å². The predicted molar refractivity (Wildman–Crippen MR) is 103 cm³/mol. The Labute approximate surface area is 171 Å². The Morgan fingerprint density at radius 3 is 2.88 bits per heavy atom. The van der Waals surface area contributed by atoms with Crippen molar-refractivity contribution in [2.24, 2.45) is 0 Å². The van der Waals surface area contributed by atoms with Gasteiger partial charge in [-0.2, -0.15) is 5.26 Å². The normalized spacial score (nSPS) is 24.5. The fourth-order valence-corrected chi connectivity index (χ4v) is 6.88. The van der Waals surface area contributed by atoms with E-state index in [1.807, 2.05) is 6.07 Å². The summed E-state index contributed by atoms with van der Waals surface area (Å²) in [6, 6.07) is 6.50. The summed E-state index contributed by atoms with van der Waals surface area (Å²) in [6.07, 6.45) is 1.52. The first kappa shape index (κ1) is 20.0. The number of rotatable bonds is 5. The zero-order valence-electron chi connectivity index (χ0n) is 13.1. The van der Waals surface area contributed by atoms with Crippen molar-refractivity contribution in [2.75, 3.05) is 19.7 Å². The average Bonchev–Trinajstić information content (AvgIpc) is 3.18. The first-order valence-electron chi connectivity index (χ1n) is 7.34. The van der Waals surface area contributed by atoms with E-state index in [0.717, 1.165) is 0 Å². The number of halogens is 2. The molecule has 0 spiro atoms. The number of aliphatic hydroxyl groups is 2. The van der Waals surface area contributed by atoms with Crippen LogP contribution in [0, 0.1) is 11.3 Å². The van der Waals surface area contributed by atoms with Crippen LogP contribution >= 0.6 is 46.3 Å². The van der Waals surface area contributed by atoms with E-state index in [0.29, 0.717) is 19.1 Å². The van der Waals surface area contributed by atoms with Crippen molar-refractivity contribution in [1.29, 1.82) is 5.26 Å². The highest BCUT2D eigenvalue weighted by molar-refractivity contribution is 8.01. The van der Waals surface area contributed by atoms with E-state index in [1.165, 1.54) is 47.5 Å². The summed E-state index contributed by atoms with van der Waals surface area (Å²) in [7, 11) is -1.64. The molecule has 3 rings (SSSR count). The van der Waals surface area contributed by atoms with Gasteiger partial charge in [0.1, 0.15) is 20.9 Å². The summed E-state index contributed by atoms with van der Waals surface area (Å²) >= 11 is 14.6. The van der Waals surface area contributed by atoms with E-state index < -0.39 is 28.4 Å². The molecule has 0 bridgehead atoms. The van der Waals surface area contributed by atoms with Gasteiger partial charge in [0, 0.05) is 13.1 Å². The Kier molecular flexibility index (Phi) is 6.26. The van der Waals surface area contributed by atoms with Crippen LogP contribution in [0.15, 0.2) is 33.6 Å². The smallest absolute Gasteiger partial charge is 0.151 e. The highest BCUT2D eigenvalue weighted by atomic mass is 35.5. The molecule has 1 aliphatic heterocycles. The van der Waals surface area contributed by atoms with Gasteiger partial charge >= 0.3 is 0 Å². The van der Waals surface area contributed by atoms with Crippen molar-refractivity contribution in [3.8, 4) is 6.07 Å². The third-order valence-corrected chi connectivity index (χ3v) is 8.41. The molecule has 6 nitrogen and oxygen atoms in total. The minimum atomic E-state index is -1.64. The summed E-state index contributed by atoms with van der Waals surface area (Å²) in [5, 5.41) is 29.1. The largest absolute Gasteiger partial charge is 0.393 e. The van der Waals surface area contributed by atoms with Gasteiger partial charge in [-0.1, -0.05) is 46.3 Å². The van der Waals surface area contributed by atoms with Crippen molar-refractivity contribution in [1.82, 2.24) is 9.29 Å². The Hall–Kier alpha value is -0.700. The lowest BCUT2D eigenvalue weighted by atomic mass is 10.1. The zero-order chi connectivity index (χ0) is 18.9. The standard InChI is InChI=1S/C15H13Cl2N3O3S3/c16-10-3-9(4-18)1-2-11(10)26(23)20-6-12(15(22,7-20)8-21)24-14-19-5-13(17)25-14/h1-3,5,12,21-22H,6-8H2/t12-,15?,26?/m0/s1. The molecule has 1 aromatic carbocycles. The molecular weight excluding hydrogens is 437 g/mol. The lowest BCUT2D eigenvalue weighted by Gasteiger charge is -2.25. The molecule has 0 radical (unpaired) electrons. The van der Waals surface area contributed by atoms with Gasteiger partial charge in [0.15, 0.2) is 4.34 Å². The Morgan fingerprint density at radius 2 is 2.31 bits per heavy atom. The van der Waals surface area contributed by atoms with Gasteiger partial charge in [0.2, 0.25) is 0 Å². The van der Waals surface area contributed by atoms with Gasteiger partial charge in [0.25, 0.3) is 0 Å². The molecule has 3 atom stereocenters. The molecule has 1 aromatic heterocycles. The molecule has 26 heavy (non-hydrogen) atoms. The second-order valence-electron chi connectivity index (χ2n) is 5.63. The van der Waals surface area contributed by atoms with E-state index in [-0.39, 0.29) is 18.1 Å². The minimum Gasteiger partial charge on any atom is -0.393 e. The molecular formula is C15H13Cl2N3O3S3. The van der Waals surface area contributed by atoms with E-state index >= 15 is 0 Å². The highest BCUT2D eigenvalue weighted by Gasteiger charge is 2.48. The number of aliphatic hydroxyl groups excluding tert-OH is 1. The molecule has 1 aliphatic rings. The van der Waals surface area contributed by atoms with Gasteiger partial charge in [0.05, 0.1) is 39.6 Å². The molecule has 1 saturated heterocycles. The van der Waals surface area contributed by atoms with Gasteiger partial charge in [-0.3, -0.25) is 0 Å². The SMILES string of the molecule is N#Cc1ccc(S(=O)N2C[C@H](Sc3ncc(Cl)s3)C(O)(CO)C2)c(Cl)c1. The Bertz CT molecular complexity index is 889. The fourth-order valence-electron chi connectivity index (χ4n) is 2.52. The van der Waals surface area contributed by atoms with Crippen LogP contribution < -0.4 is 0 Å². The van der Waals surface area contributed by atoms with Crippen LogP contribution in [0.1, 0.15) is 5.56 Å². The minimum absolute atomic E-state index is 0.0171. The number of hydrogen-bond acceptors (Lipinski definition) is 7. The Balaban J connectivity index is 1.81. The predicted octanol–water partition coefficient (Wildman–Crippen LogP) is 2.54. The first-order valence-corrected chi connectivity index (χ1v) is 10.9. The number of benzene rings is 1.